The molecule has 0 radical (unpaired) electrons. The molecule has 0 heterocycles. The number of carbonyl (C=O) groups excluding carboxylic acids is 1. The van der Waals surface area contributed by atoms with E-state index in [1.807, 2.05) is 25.1 Å². The van der Waals surface area contributed by atoms with Crippen molar-refractivity contribution in [2.45, 2.75) is 104 Å². The van der Waals surface area contributed by atoms with Gasteiger partial charge in [-0.25, -0.2) is 4.79 Å². The topological polar surface area (TPSA) is 44.8 Å². The molecule has 0 saturated carbocycles. The van der Waals surface area contributed by atoms with Gasteiger partial charge in [0.15, 0.2) is 0 Å². The van der Waals surface area contributed by atoms with Crippen LogP contribution in [0.15, 0.2) is 30.3 Å². The van der Waals surface area contributed by atoms with E-state index in [0.29, 0.717) is 25.4 Å². The van der Waals surface area contributed by atoms with Crippen LogP contribution in [-0.4, -0.2) is 32.1 Å². The molecule has 0 aromatic heterocycles. The van der Waals surface area contributed by atoms with Crippen LogP contribution >= 0.6 is 0 Å². The van der Waals surface area contributed by atoms with Gasteiger partial charge in [-0.2, -0.15) is 0 Å². The van der Waals surface area contributed by atoms with Gasteiger partial charge < -0.3 is 14.2 Å². The number of unbranched alkanes of at least 4 members (excludes halogenated alkanes) is 11. The predicted octanol–water partition coefficient (Wildman–Crippen LogP) is 7.32. The van der Waals surface area contributed by atoms with Gasteiger partial charge in [-0.1, -0.05) is 88.8 Å². The number of esters is 1. The predicted molar refractivity (Wildman–Crippen MR) is 132 cm³/mol. The molecule has 1 atom stereocenters. The van der Waals surface area contributed by atoms with E-state index < -0.39 is 6.29 Å². The Bertz CT molecular complexity index is 617. The van der Waals surface area contributed by atoms with E-state index in [1.54, 1.807) is 12.1 Å². The van der Waals surface area contributed by atoms with Gasteiger partial charge >= 0.3 is 5.97 Å². The maximum Gasteiger partial charge on any atom is 0.338 e. The van der Waals surface area contributed by atoms with Crippen molar-refractivity contribution in [1.82, 2.24) is 0 Å². The third kappa shape index (κ3) is 15.9. The molecule has 180 valence electrons. The number of benzene rings is 1. The Morgan fingerprint density at radius 2 is 1.41 bits per heavy atom. The first-order valence-electron chi connectivity index (χ1n) is 12.7. The Hall–Kier alpha value is -1.83. The minimum absolute atomic E-state index is 0.281. The Morgan fingerprint density at radius 1 is 0.781 bits per heavy atom. The summed E-state index contributed by atoms with van der Waals surface area (Å²) in [6, 6.07) is 9.05. The van der Waals surface area contributed by atoms with Crippen LogP contribution in [0.2, 0.25) is 0 Å². The lowest BCUT2D eigenvalue weighted by atomic mass is 10.1. The van der Waals surface area contributed by atoms with Crippen LogP contribution < -0.4 is 0 Å². The zero-order valence-electron chi connectivity index (χ0n) is 20.4. The summed E-state index contributed by atoms with van der Waals surface area (Å²) in [5.74, 6) is 6.03. The summed E-state index contributed by atoms with van der Waals surface area (Å²) >= 11 is 0. The maximum atomic E-state index is 11.9. The van der Waals surface area contributed by atoms with E-state index in [4.69, 9.17) is 14.2 Å². The van der Waals surface area contributed by atoms with E-state index in [2.05, 4.69) is 18.8 Å². The Kier molecular flexibility index (Phi) is 18.5. The summed E-state index contributed by atoms with van der Waals surface area (Å²) in [5, 5.41) is 0. The van der Waals surface area contributed by atoms with Crippen molar-refractivity contribution in [3.63, 3.8) is 0 Å². The lowest BCUT2D eigenvalue weighted by Gasteiger charge is -2.12. The highest BCUT2D eigenvalue weighted by Gasteiger charge is 2.06. The fourth-order valence-corrected chi connectivity index (χ4v) is 3.36. The van der Waals surface area contributed by atoms with Crippen LogP contribution in [0.1, 0.15) is 108 Å². The van der Waals surface area contributed by atoms with Gasteiger partial charge in [0.2, 0.25) is 6.29 Å². The molecule has 0 spiro atoms. The standard InChI is InChI=1S/C28H44O4/c1-3-5-6-7-8-9-10-11-12-13-14-18-23-27(30-4-2)31-24-19-20-25-32-28(29)26-21-16-15-17-22-26/h15-17,21-22,27H,3-14,19-20,24-25H2,1-2H3. The molecule has 1 unspecified atom stereocenters. The van der Waals surface area contributed by atoms with Gasteiger partial charge in [-0.15, -0.1) is 0 Å². The fourth-order valence-electron chi connectivity index (χ4n) is 3.36. The molecule has 4 nitrogen and oxygen atoms in total. The summed E-state index contributed by atoms with van der Waals surface area (Å²) in [7, 11) is 0. The Balaban J connectivity index is 2.02. The average Bonchev–Trinajstić information content (AvgIpc) is 2.82. The molecule has 0 amide bonds. The van der Waals surface area contributed by atoms with Gasteiger partial charge in [0.1, 0.15) is 0 Å². The third-order valence-electron chi connectivity index (χ3n) is 5.24. The highest BCUT2D eigenvalue weighted by Crippen LogP contribution is 2.11. The summed E-state index contributed by atoms with van der Waals surface area (Å²) in [6.07, 6.45) is 15.3. The normalized spacial score (nSPS) is 11.6. The molecule has 0 bridgehead atoms. The number of carbonyl (C=O) groups is 1. The molecule has 32 heavy (non-hydrogen) atoms. The van der Waals surface area contributed by atoms with Crippen LogP contribution in [0.4, 0.5) is 0 Å². The molecular weight excluding hydrogens is 400 g/mol. The zero-order valence-corrected chi connectivity index (χ0v) is 20.4. The van der Waals surface area contributed by atoms with Crippen LogP contribution in [0.25, 0.3) is 0 Å². The molecule has 0 aliphatic carbocycles. The first-order chi connectivity index (χ1) is 15.8. The molecule has 0 fully saturated rings. The number of hydrogen-bond acceptors (Lipinski definition) is 4. The largest absolute Gasteiger partial charge is 0.462 e. The highest BCUT2D eigenvalue weighted by molar-refractivity contribution is 5.89. The highest BCUT2D eigenvalue weighted by atomic mass is 16.7. The van der Waals surface area contributed by atoms with Gasteiger partial charge in [-0.05, 0) is 44.2 Å². The molecule has 0 saturated heterocycles. The maximum absolute atomic E-state index is 11.9. The summed E-state index contributed by atoms with van der Waals surface area (Å²) in [6.45, 7) is 5.72. The second-order valence-electron chi connectivity index (χ2n) is 8.12. The molecular formula is C28H44O4. The van der Waals surface area contributed by atoms with Crippen LogP contribution in [0.5, 0.6) is 0 Å². The summed E-state index contributed by atoms with van der Waals surface area (Å²) < 4.78 is 16.6. The van der Waals surface area contributed by atoms with E-state index >= 15 is 0 Å². The van der Waals surface area contributed by atoms with Crippen molar-refractivity contribution in [2.75, 3.05) is 19.8 Å². The van der Waals surface area contributed by atoms with E-state index in [0.717, 1.165) is 25.7 Å². The zero-order chi connectivity index (χ0) is 23.1. The molecule has 0 aliphatic rings. The van der Waals surface area contributed by atoms with Crippen molar-refractivity contribution >= 4 is 5.97 Å². The van der Waals surface area contributed by atoms with Gasteiger partial charge in [0, 0.05) is 13.0 Å². The van der Waals surface area contributed by atoms with Crippen LogP contribution in [0.3, 0.4) is 0 Å². The second kappa shape index (κ2) is 21.0. The van der Waals surface area contributed by atoms with Crippen LogP contribution in [-0.2, 0) is 14.2 Å². The Labute approximate surface area is 196 Å². The summed E-state index contributed by atoms with van der Waals surface area (Å²) in [5.41, 5.74) is 0.581. The average molecular weight is 445 g/mol. The van der Waals surface area contributed by atoms with E-state index in [1.165, 1.54) is 57.8 Å². The quantitative estimate of drug-likeness (QED) is 0.0970. The second-order valence-corrected chi connectivity index (χ2v) is 8.12. The fraction of sp³-hybridized carbons (Fsp3) is 0.679. The molecule has 0 N–H and O–H groups in total. The molecule has 1 rings (SSSR count). The van der Waals surface area contributed by atoms with Gasteiger partial charge in [-0.3, -0.25) is 0 Å². The van der Waals surface area contributed by atoms with Crippen molar-refractivity contribution in [2.24, 2.45) is 0 Å². The van der Waals surface area contributed by atoms with Crippen molar-refractivity contribution in [1.29, 1.82) is 0 Å². The van der Waals surface area contributed by atoms with Crippen molar-refractivity contribution in [3.8, 4) is 11.8 Å². The molecule has 1 aromatic rings. The lowest BCUT2D eigenvalue weighted by molar-refractivity contribution is -0.102. The van der Waals surface area contributed by atoms with E-state index in [-0.39, 0.29) is 5.97 Å². The molecule has 4 heteroatoms. The number of hydrogen-bond donors (Lipinski definition) is 0. The first-order valence-corrected chi connectivity index (χ1v) is 12.7. The Morgan fingerprint density at radius 3 is 2.06 bits per heavy atom. The molecule has 1 aromatic carbocycles. The van der Waals surface area contributed by atoms with Crippen molar-refractivity contribution < 1.29 is 19.0 Å². The lowest BCUT2D eigenvalue weighted by Crippen LogP contribution is -2.16. The van der Waals surface area contributed by atoms with E-state index in [9.17, 15) is 4.79 Å². The monoisotopic (exact) mass is 444 g/mol. The number of ether oxygens (including phenoxy) is 3. The first kappa shape index (κ1) is 28.2. The van der Waals surface area contributed by atoms with Gasteiger partial charge in [0.05, 0.1) is 18.8 Å². The minimum Gasteiger partial charge on any atom is -0.462 e. The third-order valence-corrected chi connectivity index (χ3v) is 5.24. The summed E-state index contributed by atoms with van der Waals surface area (Å²) in [4.78, 5) is 11.9. The minimum atomic E-state index is -0.463. The van der Waals surface area contributed by atoms with Crippen LogP contribution in [0, 0.1) is 11.8 Å². The van der Waals surface area contributed by atoms with Gasteiger partial charge in [0.25, 0.3) is 0 Å². The smallest absolute Gasteiger partial charge is 0.338 e. The SMILES string of the molecule is CCCCCCCCCCCCC#CC(OCC)OCCCCOC(=O)c1ccccc1. The molecule has 0 aliphatic heterocycles. The number of rotatable bonds is 19. The van der Waals surface area contributed by atoms with Crippen molar-refractivity contribution in [3.05, 3.63) is 35.9 Å².